The zero-order valence-corrected chi connectivity index (χ0v) is 19.0. The number of benzene rings is 2. The fourth-order valence-electron chi connectivity index (χ4n) is 3.42. The van der Waals surface area contributed by atoms with E-state index in [1.807, 2.05) is 36.6 Å². The van der Waals surface area contributed by atoms with Gasteiger partial charge < -0.3 is 4.57 Å². The fourth-order valence-corrected chi connectivity index (χ4v) is 4.81. The number of hydrogen-bond donors (Lipinski definition) is 0. The monoisotopic (exact) mass is 476 g/mol. The molecular weight excluding hydrogens is 463 g/mol. The molecule has 2 aromatic carbocycles. The number of imide groups is 1. The molecule has 0 bridgehead atoms. The van der Waals surface area contributed by atoms with Crippen LogP contribution in [0.5, 0.6) is 0 Å². The largest absolute Gasteiger partial charge is 0.316 e. The molecule has 152 valence electrons. The first-order valence-corrected chi connectivity index (χ1v) is 10.9. The Morgan fingerprint density at radius 1 is 0.967 bits per heavy atom. The van der Waals surface area contributed by atoms with Crippen LogP contribution < -0.4 is 4.90 Å². The maximum Gasteiger partial charge on any atom is 0.298 e. The molecule has 0 N–H and O–H groups in total. The molecule has 0 saturated carbocycles. The SMILES string of the molecule is Cc1cc(/C=C2/SC(=O)N(c3cccc(Cl)c3)C2=O)c(C)n1-c1cccc(Cl)c1Cl. The van der Waals surface area contributed by atoms with E-state index in [4.69, 9.17) is 34.8 Å². The van der Waals surface area contributed by atoms with Crippen LogP contribution in [0.1, 0.15) is 17.0 Å². The molecule has 3 aromatic rings. The van der Waals surface area contributed by atoms with Gasteiger partial charge in [-0.2, -0.15) is 0 Å². The van der Waals surface area contributed by atoms with Gasteiger partial charge in [-0.15, -0.1) is 0 Å². The van der Waals surface area contributed by atoms with Crippen LogP contribution in [0, 0.1) is 13.8 Å². The summed E-state index contributed by atoms with van der Waals surface area (Å²) in [5.41, 5.74) is 3.83. The van der Waals surface area contributed by atoms with E-state index in [1.54, 1.807) is 36.4 Å². The lowest BCUT2D eigenvalue weighted by atomic mass is 10.2. The second-order valence-corrected chi connectivity index (χ2v) is 8.95. The lowest BCUT2D eigenvalue weighted by Crippen LogP contribution is -2.27. The van der Waals surface area contributed by atoms with Crippen molar-refractivity contribution in [1.29, 1.82) is 0 Å². The predicted molar refractivity (Wildman–Crippen MR) is 125 cm³/mol. The van der Waals surface area contributed by atoms with Crippen molar-refractivity contribution in [1.82, 2.24) is 4.57 Å². The lowest BCUT2D eigenvalue weighted by molar-refractivity contribution is -0.113. The third kappa shape index (κ3) is 3.67. The van der Waals surface area contributed by atoms with Crippen molar-refractivity contribution >= 4 is 69.5 Å². The Balaban J connectivity index is 1.74. The highest BCUT2D eigenvalue weighted by Gasteiger charge is 2.36. The normalized spacial score (nSPS) is 15.5. The Morgan fingerprint density at radius 3 is 2.43 bits per heavy atom. The Morgan fingerprint density at radius 2 is 1.70 bits per heavy atom. The van der Waals surface area contributed by atoms with Crippen molar-refractivity contribution < 1.29 is 9.59 Å². The summed E-state index contributed by atoms with van der Waals surface area (Å²) in [5.74, 6) is -0.377. The van der Waals surface area contributed by atoms with E-state index >= 15 is 0 Å². The molecule has 4 rings (SSSR count). The van der Waals surface area contributed by atoms with Gasteiger partial charge in [-0.05, 0) is 73.6 Å². The van der Waals surface area contributed by atoms with Gasteiger partial charge in [-0.3, -0.25) is 9.59 Å². The molecule has 1 aliphatic rings. The van der Waals surface area contributed by atoms with Gasteiger partial charge in [-0.1, -0.05) is 46.9 Å². The number of rotatable bonds is 3. The summed E-state index contributed by atoms with van der Waals surface area (Å²) in [7, 11) is 0. The van der Waals surface area contributed by atoms with E-state index in [-0.39, 0.29) is 11.1 Å². The Labute approximate surface area is 193 Å². The Kier molecular flexibility index (Phi) is 5.73. The molecule has 0 aliphatic carbocycles. The minimum Gasteiger partial charge on any atom is -0.316 e. The molecule has 0 unspecified atom stereocenters. The number of thioether (sulfide) groups is 1. The van der Waals surface area contributed by atoms with E-state index in [2.05, 4.69) is 0 Å². The second kappa shape index (κ2) is 8.16. The average Bonchev–Trinajstić information content (AvgIpc) is 3.13. The molecule has 0 radical (unpaired) electrons. The standard InChI is InChI=1S/C22H15Cl3N2O2S/c1-12-9-14(13(2)26(12)18-8-4-7-17(24)20(18)25)10-19-21(28)27(22(29)30-19)16-6-3-5-15(23)11-16/h3-11H,1-2H3/b19-10+. The van der Waals surface area contributed by atoms with Crippen LogP contribution in [-0.2, 0) is 4.79 Å². The van der Waals surface area contributed by atoms with E-state index in [0.717, 1.165) is 39.3 Å². The van der Waals surface area contributed by atoms with Crippen LogP contribution in [0.3, 0.4) is 0 Å². The highest BCUT2D eigenvalue weighted by atomic mass is 35.5. The van der Waals surface area contributed by atoms with Gasteiger partial charge in [0, 0.05) is 16.4 Å². The van der Waals surface area contributed by atoms with Crippen LogP contribution in [0.4, 0.5) is 10.5 Å². The third-order valence-electron chi connectivity index (χ3n) is 4.79. The molecule has 30 heavy (non-hydrogen) atoms. The highest BCUT2D eigenvalue weighted by Crippen LogP contribution is 2.38. The van der Waals surface area contributed by atoms with Crippen molar-refractivity contribution in [2.75, 3.05) is 4.90 Å². The lowest BCUT2D eigenvalue weighted by Gasteiger charge is -2.12. The zero-order chi connectivity index (χ0) is 21.6. The molecule has 8 heteroatoms. The van der Waals surface area contributed by atoms with E-state index in [1.165, 1.54) is 0 Å². The number of aromatic nitrogens is 1. The molecule has 1 aliphatic heterocycles. The third-order valence-corrected chi connectivity index (χ3v) is 6.70. The van der Waals surface area contributed by atoms with Crippen LogP contribution in [0.25, 0.3) is 11.8 Å². The summed E-state index contributed by atoms with van der Waals surface area (Å²) in [5, 5.41) is 1.01. The van der Waals surface area contributed by atoms with E-state index < -0.39 is 0 Å². The molecule has 0 spiro atoms. The topological polar surface area (TPSA) is 42.3 Å². The maximum atomic E-state index is 12.9. The van der Waals surface area contributed by atoms with E-state index in [9.17, 15) is 9.59 Å². The number of halogens is 3. The zero-order valence-electron chi connectivity index (χ0n) is 15.9. The molecule has 0 atom stereocenters. The first-order chi connectivity index (χ1) is 14.3. The number of nitrogens with zero attached hydrogens (tertiary/aromatic N) is 2. The van der Waals surface area contributed by atoms with Gasteiger partial charge in [0.1, 0.15) is 0 Å². The molecular formula is C22H15Cl3N2O2S. The molecule has 2 heterocycles. The van der Waals surface area contributed by atoms with Gasteiger partial charge >= 0.3 is 0 Å². The summed E-state index contributed by atoms with van der Waals surface area (Å²) in [6.07, 6.45) is 1.73. The van der Waals surface area contributed by atoms with Gasteiger partial charge in [0.15, 0.2) is 0 Å². The molecule has 1 aromatic heterocycles. The van der Waals surface area contributed by atoms with Gasteiger partial charge in [0.05, 0.1) is 26.3 Å². The summed E-state index contributed by atoms with van der Waals surface area (Å²) in [6.45, 7) is 3.87. The number of carbonyl (C=O) groups excluding carboxylic acids is 2. The predicted octanol–water partition coefficient (Wildman–Crippen LogP) is 7.30. The number of anilines is 1. The average molecular weight is 478 g/mol. The second-order valence-electron chi connectivity index (χ2n) is 6.73. The van der Waals surface area contributed by atoms with Crippen LogP contribution in [0.2, 0.25) is 15.1 Å². The van der Waals surface area contributed by atoms with Crippen molar-refractivity contribution in [3.63, 3.8) is 0 Å². The Bertz CT molecular complexity index is 1230. The quantitative estimate of drug-likeness (QED) is 0.372. The van der Waals surface area contributed by atoms with Gasteiger partial charge in [0.25, 0.3) is 11.1 Å². The molecule has 4 nitrogen and oxygen atoms in total. The number of carbonyl (C=O) groups is 2. The van der Waals surface area contributed by atoms with Crippen molar-refractivity contribution in [3.8, 4) is 5.69 Å². The fraction of sp³-hybridized carbons (Fsp3) is 0.0909. The van der Waals surface area contributed by atoms with Gasteiger partial charge in [0.2, 0.25) is 0 Å². The maximum absolute atomic E-state index is 12.9. The van der Waals surface area contributed by atoms with Crippen LogP contribution in [-0.4, -0.2) is 15.7 Å². The summed E-state index contributed by atoms with van der Waals surface area (Å²) < 4.78 is 1.97. The highest BCUT2D eigenvalue weighted by molar-refractivity contribution is 8.19. The van der Waals surface area contributed by atoms with Crippen LogP contribution >= 0.6 is 46.6 Å². The molecule has 1 saturated heterocycles. The minimum absolute atomic E-state index is 0.345. The van der Waals surface area contributed by atoms with Gasteiger partial charge in [-0.25, -0.2) is 4.90 Å². The van der Waals surface area contributed by atoms with E-state index in [0.29, 0.717) is 25.7 Å². The molecule has 2 amide bonds. The summed E-state index contributed by atoms with van der Waals surface area (Å²) in [6, 6.07) is 14.0. The Hall–Kier alpha value is -2.18. The van der Waals surface area contributed by atoms with Crippen molar-refractivity contribution in [2.45, 2.75) is 13.8 Å². The smallest absolute Gasteiger partial charge is 0.298 e. The summed E-state index contributed by atoms with van der Waals surface area (Å²) >= 11 is 19.5. The molecule has 1 fully saturated rings. The minimum atomic E-state index is -0.377. The van der Waals surface area contributed by atoms with Crippen molar-refractivity contribution in [2.24, 2.45) is 0 Å². The first-order valence-electron chi connectivity index (χ1n) is 8.95. The van der Waals surface area contributed by atoms with Crippen LogP contribution in [0.15, 0.2) is 53.4 Å². The number of aryl methyl sites for hydroxylation is 1. The van der Waals surface area contributed by atoms with Crippen molar-refractivity contribution in [3.05, 3.63) is 85.5 Å². The number of hydrogen-bond acceptors (Lipinski definition) is 3. The summed E-state index contributed by atoms with van der Waals surface area (Å²) in [4.78, 5) is 26.9. The first kappa shape index (κ1) is 21.1. The number of amides is 2.